The third-order valence-corrected chi connectivity index (χ3v) is 19.7. The lowest BCUT2D eigenvalue weighted by molar-refractivity contribution is -0.775. The Labute approximate surface area is 279 Å². The summed E-state index contributed by atoms with van der Waals surface area (Å²) in [5, 5.41) is 31.7. The highest BCUT2D eigenvalue weighted by Gasteiger charge is 2.94. The van der Waals surface area contributed by atoms with E-state index in [2.05, 4.69) is 5.32 Å². The number of aliphatic hydroxyl groups excluding tert-OH is 2. The molecule has 8 saturated heterocycles. The number of hydrogen-bond acceptors (Lipinski definition) is 11. The Balaban J connectivity index is 1.36. The molecule has 9 aliphatic heterocycles. The molecule has 3 N–H and O–H groups in total. The predicted molar refractivity (Wildman–Crippen MR) is 174 cm³/mol. The molecular formula is C30H29N6O6S4+. The van der Waals surface area contributed by atoms with Crippen molar-refractivity contribution in [1.82, 2.24) is 19.7 Å². The maximum Gasteiger partial charge on any atom is 0.373 e. The van der Waals surface area contributed by atoms with Gasteiger partial charge in [0.1, 0.15) is 24.4 Å². The highest BCUT2D eigenvalue weighted by atomic mass is 33.1. The number of carbonyl (C=O) groups excluding carboxylic acids is 3. The zero-order valence-corrected chi connectivity index (χ0v) is 28.3. The Kier molecular flexibility index (Phi) is 4.92. The quantitative estimate of drug-likeness (QED) is 0.295. The van der Waals surface area contributed by atoms with Crippen LogP contribution in [0, 0.1) is 4.91 Å². The molecule has 3 amide bonds. The molecule has 9 heterocycles. The first-order chi connectivity index (χ1) is 21.8. The first-order valence-corrected chi connectivity index (χ1v) is 19.3. The average molecular weight is 698 g/mol. The Morgan fingerprint density at radius 2 is 1.43 bits per heavy atom. The van der Waals surface area contributed by atoms with Crippen molar-refractivity contribution in [3.05, 3.63) is 70.1 Å². The van der Waals surface area contributed by atoms with Crippen LogP contribution in [0.15, 0.2) is 48.5 Å². The van der Waals surface area contributed by atoms with Gasteiger partial charge in [-0.25, -0.2) is 0 Å². The van der Waals surface area contributed by atoms with Gasteiger partial charge in [-0.2, -0.15) is 0 Å². The molecule has 12 nitrogen and oxygen atoms in total. The maximum atomic E-state index is 14.7. The summed E-state index contributed by atoms with van der Waals surface area (Å²) in [6.07, 6.45) is -3.78. The molecule has 0 radical (unpaired) electrons. The SMILES string of the molecule is CN1C(=O)[C@]23SS[C@@]1(C)C(=O)N2C1Nc2ccccc2C1([C@@]12c4ccccc4CC1N1[N+](=O)[C@]4(C)SS[C@]1(C(=O)N4C)[C@H]2O)[C@@H]3O. The molecule has 10 atom stereocenters. The van der Waals surface area contributed by atoms with E-state index >= 15 is 0 Å². The molecule has 10 aliphatic rings. The van der Waals surface area contributed by atoms with Gasteiger partial charge in [0.15, 0.2) is 9.74 Å². The zero-order valence-electron chi connectivity index (χ0n) is 25.0. The first-order valence-electron chi connectivity index (χ1n) is 15.0. The van der Waals surface area contributed by atoms with Gasteiger partial charge in [-0.15, -0.1) is 5.01 Å². The van der Waals surface area contributed by atoms with Crippen molar-refractivity contribution in [3.8, 4) is 0 Å². The Hall–Kier alpha value is -2.63. The van der Waals surface area contributed by atoms with Crippen LogP contribution in [0.4, 0.5) is 5.69 Å². The summed E-state index contributed by atoms with van der Waals surface area (Å²) in [6.45, 7) is 3.42. The maximum absolute atomic E-state index is 14.7. The van der Waals surface area contributed by atoms with E-state index in [0.29, 0.717) is 23.2 Å². The van der Waals surface area contributed by atoms with Crippen LogP contribution in [-0.2, 0) is 31.6 Å². The summed E-state index contributed by atoms with van der Waals surface area (Å²) in [5.74, 6) is -1.13. The monoisotopic (exact) mass is 697 g/mol. The molecule has 2 aromatic carbocycles. The van der Waals surface area contributed by atoms with Crippen molar-refractivity contribution in [2.45, 2.75) is 75.1 Å². The fourth-order valence-corrected chi connectivity index (χ4v) is 17.2. The van der Waals surface area contributed by atoms with Gasteiger partial charge in [0, 0.05) is 37.5 Å². The predicted octanol–water partition coefficient (Wildman–Crippen LogP) is 1.63. The molecule has 3 unspecified atom stereocenters. The van der Waals surface area contributed by atoms with Gasteiger partial charge in [-0.05, 0) is 57.7 Å². The van der Waals surface area contributed by atoms with Crippen molar-refractivity contribution >= 4 is 66.6 Å². The van der Waals surface area contributed by atoms with Crippen LogP contribution in [0.3, 0.4) is 0 Å². The molecule has 2 aromatic rings. The van der Waals surface area contributed by atoms with Gasteiger partial charge < -0.3 is 20.4 Å². The normalized spacial score (nSPS) is 47.2. The molecule has 238 valence electrons. The minimum Gasteiger partial charge on any atom is -0.388 e. The fraction of sp³-hybridized carbons (Fsp3) is 0.500. The third-order valence-electron chi connectivity index (χ3n) is 12.3. The molecule has 0 saturated carbocycles. The van der Waals surface area contributed by atoms with Gasteiger partial charge in [0.05, 0.1) is 15.7 Å². The highest BCUT2D eigenvalue weighted by Crippen LogP contribution is 2.78. The molecule has 8 fully saturated rings. The molecule has 2 spiro atoms. The Bertz CT molecular complexity index is 1760. The second kappa shape index (κ2) is 7.97. The third kappa shape index (κ3) is 2.32. The number of rotatable bonds is 1. The fourth-order valence-electron chi connectivity index (χ4n) is 10.1. The second-order valence-corrected chi connectivity index (χ2v) is 19.2. The lowest BCUT2D eigenvalue weighted by Crippen LogP contribution is -2.77. The number of nitrogens with one attached hydrogen (secondary N) is 1. The lowest BCUT2D eigenvalue weighted by atomic mass is 9.51. The largest absolute Gasteiger partial charge is 0.388 e. The number of benzene rings is 2. The van der Waals surface area contributed by atoms with E-state index in [1.807, 2.05) is 48.5 Å². The highest BCUT2D eigenvalue weighted by molar-refractivity contribution is 8.78. The van der Waals surface area contributed by atoms with Crippen LogP contribution >= 0.6 is 43.2 Å². The van der Waals surface area contributed by atoms with E-state index < -0.39 is 66.7 Å². The van der Waals surface area contributed by atoms with Crippen molar-refractivity contribution in [2.24, 2.45) is 0 Å². The lowest BCUT2D eigenvalue weighted by Gasteiger charge is -2.58. The van der Waals surface area contributed by atoms with E-state index in [9.17, 15) is 29.5 Å². The van der Waals surface area contributed by atoms with Crippen molar-refractivity contribution in [3.63, 3.8) is 0 Å². The molecule has 4 bridgehead atoms. The second-order valence-electron chi connectivity index (χ2n) is 13.7. The summed E-state index contributed by atoms with van der Waals surface area (Å²) in [7, 11) is 8.03. The van der Waals surface area contributed by atoms with Crippen LogP contribution in [0.1, 0.15) is 30.5 Å². The van der Waals surface area contributed by atoms with Gasteiger partial charge in [0.2, 0.25) is 4.87 Å². The van der Waals surface area contributed by atoms with Gasteiger partial charge >= 0.3 is 4.99 Å². The smallest absolute Gasteiger partial charge is 0.373 e. The molecule has 1 aliphatic carbocycles. The number of piperazine rings is 1. The topological polar surface area (TPSA) is 137 Å². The van der Waals surface area contributed by atoms with Crippen molar-refractivity contribution in [2.75, 3.05) is 19.4 Å². The van der Waals surface area contributed by atoms with E-state index in [-0.39, 0.29) is 5.91 Å². The van der Waals surface area contributed by atoms with Crippen molar-refractivity contribution < 1.29 is 29.5 Å². The number of likely N-dealkylation sites (N-methyl/N-ethyl adjacent to an activating group) is 2. The summed E-state index contributed by atoms with van der Waals surface area (Å²) < 4.78 is 0. The number of para-hydroxylation sites is 1. The van der Waals surface area contributed by atoms with Crippen LogP contribution < -0.4 is 5.32 Å². The van der Waals surface area contributed by atoms with Gasteiger partial charge in [0.25, 0.3) is 22.6 Å². The van der Waals surface area contributed by atoms with Crippen molar-refractivity contribution in [1.29, 1.82) is 0 Å². The minimum atomic E-state index is -1.74. The molecular weight excluding hydrogens is 669 g/mol. The number of fused-ring (bicyclic) bond motifs is 11. The van der Waals surface area contributed by atoms with Gasteiger partial charge in [-0.3, -0.25) is 24.2 Å². The summed E-state index contributed by atoms with van der Waals surface area (Å²) in [4.78, 5) is 57.6. The number of carbonyl (C=O) groups is 3. The average Bonchev–Trinajstić information content (AvgIpc) is 3.70. The number of nitroso groups, excluding NO2 is 1. The van der Waals surface area contributed by atoms with E-state index in [4.69, 9.17) is 0 Å². The van der Waals surface area contributed by atoms with E-state index in [1.165, 1.54) is 62.9 Å². The standard InChI is InChI=1S/C30H29N6O6S4/c1-25-22(39)34-21-28(16-11-7-8-12-17(16)31-21,20(38)29(34,45-43-25)23(40)32(25)3)27-15-10-6-5-9-14(15)13-18(27)35-30(19(27)37)24(41)33(4)26(2,36(35)42)44-46-30/h5-12,18-21,31,37-38H,13H2,1-4H3/q+1/t18?,19-,20-,21?,25-,26+,27-,28?,29-,30-/m0/s1. The number of nitrogens with zero attached hydrogens (tertiary/aromatic N) is 5. The first kappa shape index (κ1) is 28.4. The molecule has 0 aromatic heterocycles. The molecule has 12 rings (SSSR count). The molecule has 16 heteroatoms. The Morgan fingerprint density at radius 3 is 2.20 bits per heavy atom. The number of amides is 3. The Morgan fingerprint density at radius 1 is 0.804 bits per heavy atom. The van der Waals surface area contributed by atoms with Crippen LogP contribution in [0.5, 0.6) is 0 Å². The van der Waals surface area contributed by atoms with Crippen LogP contribution in [0.2, 0.25) is 0 Å². The van der Waals surface area contributed by atoms with E-state index in [1.54, 1.807) is 27.9 Å². The van der Waals surface area contributed by atoms with Gasteiger partial charge in [-0.1, -0.05) is 53.3 Å². The summed E-state index contributed by atoms with van der Waals surface area (Å²) in [6, 6.07) is 14.3. The summed E-state index contributed by atoms with van der Waals surface area (Å²) in [5.41, 5.74) is -0.249. The summed E-state index contributed by atoms with van der Waals surface area (Å²) >= 11 is 0. The number of hydrazine groups is 1. The van der Waals surface area contributed by atoms with E-state index in [0.717, 1.165) is 10.4 Å². The van der Waals surface area contributed by atoms with Crippen LogP contribution in [0.25, 0.3) is 0 Å². The number of hydrogen-bond donors (Lipinski definition) is 3. The molecule has 46 heavy (non-hydrogen) atoms. The zero-order chi connectivity index (χ0) is 32.1. The minimum absolute atomic E-state index is 0.309. The van der Waals surface area contributed by atoms with Crippen LogP contribution in [-0.4, -0.2) is 111 Å². The number of anilines is 1. The number of aliphatic hydroxyl groups is 2.